The molecule has 4 nitrogen and oxygen atoms in total. The van der Waals surface area contributed by atoms with Crippen molar-refractivity contribution in [2.45, 2.75) is 13.5 Å². The number of hydrogen-bond donors (Lipinski definition) is 2. The lowest BCUT2D eigenvalue weighted by molar-refractivity contribution is 0.303. The molecule has 0 aromatic heterocycles. The Labute approximate surface area is 129 Å². The first-order chi connectivity index (χ1) is 10.0. The minimum absolute atomic E-state index is 0.0205. The second-order valence-electron chi connectivity index (χ2n) is 4.65. The van der Waals surface area contributed by atoms with Crippen LogP contribution in [0.15, 0.2) is 36.4 Å². The van der Waals surface area contributed by atoms with Crippen molar-refractivity contribution in [1.29, 1.82) is 5.41 Å². The van der Waals surface area contributed by atoms with Gasteiger partial charge in [0.1, 0.15) is 23.9 Å². The number of rotatable bonds is 5. The maximum absolute atomic E-state index is 7.49. The molecular formula is C16H17ClN2O2. The Morgan fingerprint density at radius 2 is 1.95 bits per heavy atom. The van der Waals surface area contributed by atoms with Gasteiger partial charge in [-0.25, -0.2) is 0 Å². The minimum atomic E-state index is -0.0205. The summed E-state index contributed by atoms with van der Waals surface area (Å²) in [4.78, 5) is 0. The van der Waals surface area contributed by atoms with Crippen LogP contribution in [0.2, 0.25) is 5.02 Å². The van der Waals surface area contributed by atoms with E-state index in [9.17, 15) is 0 Å². The van der Waals surface area contributed by atoms with E-state index in [1.54, 1.807) is 19.2 Å². The summed E-state index contributed by atoms with van der Waals surface area (Å²) in [6, 6.07) is 10.9. The van der Waals surface area contributed by atoms with Crippen molar-refractivity contribution in [2.75, 3.05) is 7.11 Å². The normalized spacial score (nSPS) is 10.2. The van der Waals surface area contributed by atoms with Crippen LogP contribution < -0.4 is 15.2 Å². The fourth-order valence-corrected chi connectivity index (χ4v) is 2.21. The number of methoxy groups -OCH3 is 1. The lowest BCUT2D eigenvalue weighted by atomic mass is 10.1. The molecule has 0 saturated carbocycles. The second-order valence-corrected chi connectivity index (χ2v) is 5.08. The van der Waals surface area contributed by atoms with Crippen LogP contribution >= 0.6 is 11.6 Å². The Kier molecular flexibility index (Phi) is 4.70. The van der Waals surface area contributed by atoms with E-state index in [4.69, 9.17) is 32.2 Å². The van der Waals surface area contributed by atoms with Gasteiger partial charge in [0.15, 0.2) is 0 Å². The molecule has 0 aliphatic rings. The van der Waals surface area contributed by atoms with Crippen molar-refractivity contribution in [2.24, 2.45) is 5.73 Å². The summed E-state index contributed by atoms with van der Waals surface area (Å²) in [5.41, 5.74) is 7.99. The zero-order valence-electron chi connectivity index (χ0n) is 11.9. The fourth-order valence-electron chi connectivity index (χ4n) is 1.98. The third-order valence-corrected chi connectivity index (χ3v) is 3.32. The largest absolute Gasteiger partial charge is 0.496 e. The van der Waals surface area contributed by atoms with E-state index >= 15 is 0 Å². The van der Waals surface area contributed by atoms with E-state index in [2.05, 4.69) is 0 Å². The molecule has 5 heteroatoms. The predicted molar refractivity (Wildman–Crippen MR) is 84.5 cm³/mol. The summed E-state index contributed by atoms with van der Waals surface area (Å²) < 4.78 is 11.0. The van der Waals surface area contributed by atoms with E-state index in [1.165, 1.54) is 0 Å². The van der Waals surface area contributed by atoms with Crippen LogP contribution in [0.25, 0.3) is 0 Å². The molecule has 2 rings (SSSR count). The van der Waals surface area contributed by atoms with Crippen molar-refractivity contribution in [3.05, 3.63) is 58.1 Å². The van der Waals surface area contributed by atoms with Crippen LogP contribution in [-0.4, -0.2) is 12.9 Å². The summed E-state index contributed by atoms with van der Waals surface area (Å²) in [6.07, 6.45) is 0. The highest BCUT2D eigenvalue weighted by atomic mass is 35.5. The standard InChI is InChI=1S/C16H17ClN2O2/c1-10-7-12(17)4-6-14(10)21-9-11-3-5-13(16(18)19)15(8-11)20-2/h3-8H,9H2,1-2H3,(H3,18,19). The molecule has 0 unspecified atom stereocenters. The highest BCUT2D eigenvalue weighted by Gasteiger charge is 2.08. The maximum Gasteiger partial charge on any atom is 0.130 e. The number of benzene rings is 2. The van der Waals surface area contributed by atoms with Crippen molar-refractivity contribution in [3.8, 4) is 11.5 Å². The van der Waals surface area contributed by atoms with Gasteiger partial charge in [-0.3, -0.25) is 5.41 Å². The topological polar surface area (TPSA) is 68.3 Å². The van der Waals surface area contributed by atoms with E-state index in [-0.39, 0.29) is 5.84 Å². The van der Waals surface area contributed by atoms with Crippen LogP contribution in [-0.2, 0) is 6.61 Å². The van der Waals surface area contributed by atoms with Crippen molar-refractivity contribution in [3.63, 3.8) is 0 Å². The summed E-state index contributed by atoms with van der Waals surface area (Å²) in [6.45, 7) is 2.34. The van der Waals surface area contributed by atoms with E-state index in [0.717, 1.165) is 16.9 Å². The maximum atomic E-state index is 7.49. The Bertz CT molecular complexity index is 671. The van der Waals surface area contributed by atoms with Crippen LogP contribution in [0.3, 0.4) is 0 Å². The molecule has 0 aliphatic carbocycles. The van der Waals surface area contributed by atoms with Gasteiger partial charge in [0.25, 0.3) is 0 Å². The molecule has 2 aromatic rings. The number of hydrogen-bond acceptors (Lipinski definition) is 3. The van der Waals surface area contributed by atoms with Gasteiger partial charge in [-0.05, 0) is 48.4 Å². The molecule has 0 saturated heterocycles. The first-order valence-electron chi connectivity index (χ1n) is 6.41. The number of amidine groups is 1. The summed E-state index contributed by atoms with van der Waals surface area (Å²) in [5.74, 6) is 1.33. The molecule has 0 aliphatic heterocycles. The van der Waals surface area contributed by atoms with Gasteiger partial charge in [-0.2, -0.15) is 0 Å². The van der Waals surface area contributed by atoms with Gasteiger partial charge >= 0.3 is 0 Å². The average Bonchev–Trinajstić information content (AvgIpc) is 2.45. The van der Waals surface area contributed by atoms with Crippen molar-refractivity contribution in [1.82, 2.24) is 0 Å². The molecular weight excluding hydrogens is 288 g/mol. The van der Waals surface area contributed by atoms with Gasteiger partial charge in [0.2, 0.25) is 0 Å². The second kappa shape index (κ2) is 6.50. The lowest BCUT2D eigenvalue weighted by Crippen LogP contribution is -2.12. The van der Waals surface area contributed by atoms with Crippen LogP contribution in [0.4, 0.5) is 0 Å². The first-order valence-corrected chi connectivity index (χ1v) is 6.79. The van der Waals surface area contributed by atoms with E-state index in [1.807, 2.05) is 31.2 Å². The monoisotopic (exact) mass is 304 g/mol. The molecule has 0 radical (unpaired) electrons. The smallest absolute Gasteiger partial charge is 0.130 e. The van der Waals surface area contributed by atoms with E-state index in [0.29, 0.717) is 22.9 Å². The van der Waals surface area contributed by atoms with Crippen LogP contribution in [0.5, 0.6) is 11.5 Å². The Morgan fingerprint density at radius 1 is 1.19 bits per heavy atom. The van der Waals surface area contributed by atoms with Gasteiger partial charge in [-0.1, -0.05) is 17.7 Å². The van der Waals surface area contributed by atoms with Gasteiger partial charge < -0.3 is 15.2 Å². The van der Waals surface area contributed by atoms with E-state index < -0.39 is 0 Å². The molecule has 0 heterocycles. The Morgan fingerprint density at radius 3 is 2.57 bits per heavy atom. The highest BCUT2D eigenvalue weighted by Crippen LogP contribution is 2.24. The van der Waals surface area contributed by atoms with Crippen molar-refractivity contribution < 1.29 is 9.47 Å². The van der Waals surface area contributed by atoms with Gasteiger partial charge in [-0.15, -0.1) is 0 Å². The molecule has 110 valence electrons. The van der Waals surface area contributed by atoms with Crippen LogP contribution in [0, 0.1) is 12.3 Å². The number of nitrogen functional groups attached to an aromatic ring is 1. The number of ether oxygens (including phenoxy) is 2. The summed E-state index contributed by atoms with van der Waals surface area (Å²) >= 11 is 5.92. The highest BCUT2D eigenvalue weighted by molar-refractivity contribution is 6.30. The lowest BCUT2D eigenvalue weighted by Gasteiger charge is -2.12. The van der Waals surface area contributed by atoms with Gasteiger partial charge in [0.05, 0.1) is 12.7 Å². The molecule has 0 bridgehead atoms. The third kappa shape index (κ3) is 3.67. The SMILES string of the molecule is COc1cc(COc2ccc(Cl)cc2C)ccc1C(=N)N. The molecule has 0 amide bonds. The van der Waals surface area contributed by atoms with Crippen molar-refractivity contribution >= 4 is 17.4 Å². The molecule has 0 fully saturated rings. The zero-order valence-corrected chi connectivity index (χ0v) is 12.7. The first kappa shape index (κ1) is 15.2. The van der Waals surface area contributed by atoms with Crippen LogP contribution in [0.1, 0.15) is 16.7 Å². The predicted octanol–water partition coefficient (Wildman–Crippen LogP) is 3.52. The number of nitrogens with one attached hydrogen (secondary N) is 1. The number of halogens is 1. The molecule has 0 atom stereocenters. The third-order valence-electron chi connectivity index (χ3n) is 3.09. The quantitative estimate of drug-likeness (QED) is 0.656. The minimum Gasteiger partial charge on any atom is -0.496 e. The molecule has 2 aromatic carbocycles. The van der Waals surface area contributed by atoms with Gasteiger partial charge in [0, 0.05) is 5.02 Å². The summed E-state index contributed by atoms with van der Waals surface area (Å²) in [5, 5.41) is 8.18. The summed E-state index contributed by atoms with van der Waals surface area (Å²) in [7, 11) is 1.55. The molecule has 21 heavy (non-hydrogen) atoms. The Hall–Kier alpha value is -2.20. The Balaban J connectivity index is 2.15. The molecule has 0 spiro atoms. The average molecular weight is 305 g/mol. The fraction of sp³-hybridized carbons (Fsp3) is 0.188. The number of nitrogens with two attached hydrogens (primary N) is 1. The number of aryl methyl sites for hydroxylation is 1. The molecule has 3 N–H and O–H groups in total. The zero-order chi connectivity index (χ0) is 15.4.